The molecule has 0 unspecified atom stereocenters. The first-order valence-electron chi connectivity index (χ1n) is 9.88. The maximum Gasteiger partial charge on any atom is 0.240 e. The number of anilines is 1. The zero-order chi connectivity index (χ0) is 21.3. The van der Waals surface area contributed by atoms with Crippen molar-refractivity contribution in [3.05, 3.63) is 42.0 Å². The second-order valence-corrected chi connectivity index (χ2v) is 7.08. The van der Waals surface area contributed by atoms with Crippen molar-refractivity contribution in [1.82, 2.24) is 20.2 Å². The molecule has 0 radical (unpaired) electrons. The summed E-state index contributed by atoms with van der Waals surface area (Å²) in [7, 11) is 2.96. The molecular weight excluding hydrogens is 386 g/mol. The molecule has 30 heavy (non-hydrogen) atoms. The van der Waals surface area contributed by atoms with Crippen LogP contribution >= 0.6 is 0 Å². The summed E-state index contributed by atoms with van der Waals surface area (Å²) >= 11 is 0. The van der Waals surface area contributed by atoms with Gasteiger partial charge in [-0.25, -0.2) is 0 Å². The molecule has 1 fully saturated rings. The van der Waals surface area contributed by atoms with E-state index in [1.807, 2.05) is 35.2 Å². The van der Waals surface area contributed by atoms with Gasteiger partial charge in [0.15, 0.2) is 0 Å². The van der Waals surface area contributed by atoms with E-state index in [0.717, 1.165) is 18.4 Å². The van der Waals surface area contributed by atoms with E-state index < -0.39 is 0 Å². The Hall–Kier alpha value is -3.20. The molecule has 3 rings (SSSR count). The third kappa shape index (κ3) is 6.15. The molecule has 2 amide bonds. The van der Waals surface area contributed by atoms with Gasteiger partial charge >= 0.3 is 0 Å². The number of nitrogens with zero attached hydrogens (tertiary/aromatic N) is 3. The summed E-state index contributed by atoms with van der Waals surface area (Å²) in [4.78, 5) is 35.0. The summed E-state index contributed by atoms with van der Waals surface area (Å²) in [6.07, 6.45) is 1.44. The molecule has 160 valence electrons. The van der Waals surface area contributed by atoms with Crippen molar-refractivity contribution in [2.45, 2.75) is 19.4 Å². The molecular formula is C21H27N5O4. The Labute approximate surface area is 175 Å². The van der Waals surface area contributed by atoms with Crippen LogP contribution in [0.1, 0.15) is 18.4 Å². The standard InChI is InChI=1S/C21H27N5O4/c1-29-18-12-19(30-2)25-21(24-18)23-17(27)14-26-10-8-16(9-11-26)20(28)22-13-15-6-4-3-5-7-15/h3-7,12,16H,8-11,13-14H2,1-2H3,(H,22,28)(H,23,24,25,27). The number of nitrogens with one attached hydrogen (secondary N) is 2. The molecule has 1 saturated heterocycles. The smallest absolute Gasteiger partial charge is 0.240 e. The van der Waals surface area contributed by atoms with E-state index in [-0.39, 0.29) is 30.2 Å². The molecule has 2 aromatic rings. The number of benzene rings is 1. The number of hydrogen-bond acceptors (Lipinski definition) is 7. The lowest BCUT2D eigenvalue weighted by Crippen LogP contribution is -2.43. The van der Waals surface area contributed by atoms with Crippen LogP contribution in [0.4, 0.5) is 5.95 Å². The Morgan fingerprint density at radius 3 is 2.30 bits per heavy atom. The van der Waals surface area contributed by atoms with Gasteiger partial charge in [0, 0.05) is 12.5 Å². The van der Waals surface area contributed by atoms with Crippen LogP contribution in [-0.4, -0.2) is 60.5 Å². The van der Waals surface area contributed by atoms with E-state index >= 15 is 0 Å². The number of amides is 2. The summed E-state index contributed by atoms with van der Waals surface area (Å²) < 4.78 is 10.2. The van der Waals surface area contributed by atoms with Gasteiger partial charge in [0.05, 0.1) is 26.8 Å². The predicted molar refractivity (Wildman–Crippen MR) is 111 cm³/mol. The Bertz CT molecular complexity index is 831. The fourth-order valence-electron chi connectivity index (χ4n) is 3.32. The van der Waals surface area contributed by atoms with Crippen molar-refractivity contribution in [3.63, 3.8) is 0 Å². The topological polar surface area (TPSA) is 106 Å². The van der Waals surface area contributed by atoms with E-state index in [1.165, 1.54) is 20.3 Å². The lowest BCUT2D eigenvalue weighted by molar-refractivity contribution is -0.126. The zero-order valence-corrected chi connectivity index (χ0v) is 17.3. The number of methoxy groups -OCH3 is 2. The van der Waals surface area contributed by atoms with Crippen molar-refractivity contribution in [2.24, 2.45) is 5.92 Å². The Kier molecular flexibility index (Phi) is 7.56. The maximum atomic E-state index is 12.4. The number of carbonyl (C=O) groups excluding carboxylic acids is 2. The second-order valence-electron chi connectivity index (χ2n) is 7.08. The van der Waals surface area contributed by atoms with Gasteiger partial charge in [-0.2, -0.15) is 9.97 Å². The number of rotatable bonds is 8. The van der Waals surface area contributed by atoms with Crippen molar-refractivity contribution < 1.29 is 19.1 Å². The molecule has 0 spiro atoms. The zero-order valence-electron chi connectivity index (χ0n) is 17.3. The van der Waals surface area contributed by atoms with Crippen molar-refractivity contribution >= 4 is 17.8 Å². The third-order valence-electron chi connectivity index (χ3n) is 4.98. The maximum absolute atomic E-state index is 12.4. The van der Waals surface area contributed by atoms with Crippen LogP contribution in [0.3, 0.4) is 0 Å². The van der Waals surface area contributed by atoms with Crippen LogP contribution in [0, 0.1) is 5.92 Å². The number of likely N-dealkylation sites (tertiary alicyclic amines) is 1. The second kappa shape index (κ2) is 10.5. The molecule has 1 aliphatic heterocycles. The van der Waals surface area contributed by atoms with Crippen molar-refractivity contribution in [1.29, 1.82) is 0 Å². The number of ether oxygens (including phenoxy) is 2. The summed E-state index contributed by atoms with van der Waals surface area (Å²) in [5, 5.41) is 5.67. The van der Waals surface area contributed by atoms with Gasteiger partial charge < -0.3 is 14.8 Å². The van der Waals surface area contributed by atoms with Crippen LogP contribution in [0.2, 0.25) is 0 Å². The number of aromatic nitrogens is 2. The Morgan fingerprint density at radius 2 is 1.70 bits per heavy atom. The normalized spacial score (nSPS) is 14.7. The molecule has 1 aliphatic rings. The fourth-order valence-corrected chi connectivity index (χ4v) is 3.32. The quantitative estimate of drug-likeness (QED) is 0.675. The number of carbonyl (C=O) groups is 2. The van der Waals surface area contributed by atoms with Gasteiger partial charge in [-0.1, -0.05) is 30.3 Å². The lowest BCUT2D eigenvalue weighted by Gasteiger charge is -2.30. The van der Waals surface area contributed by atoms with E-state index in [4.69, 9.17) is 9.47 Å². The summed E-state index contributed by atoms with van der Waals surface area (Å²) in [5.41, 5.74) is 1.08. The Morgan fingerprint density at radius 1 is 1.07 bits per heavy atom. The highest BCUT2D eigenvalue weighted by atomic mass is 16.5. The van der Waals surface area contributed by atoms with Crippen molar-refractivity contribution in [3.8, 4) is 11.8 Å². The van der Waals surface area contributed by atoms with Crippen molar-refractivity contribution in [2.75, 3.05) is 39.2 Å². The van der Waals surface area contributed by atoms with Gasteiger partial charge in [0.2, 0.25) is 29.5 Å². The SMILES string of the molecule is COc1cc(OC)nc(NC(=O)CN2CCC(C(=O)NCc3ccccc3)CC2)n1. The van der Waals surface area contributed by atoms with Gasteiger partial charge in [-0.05, 0) is 31.5 Å². The largest absolute Gasteiger partial charge is 0.481 e. The monoisotopic (exact) mass is 413 g/mol. The number of hydrogen-bond donors (Lipinski definition) is 2. The van der Waals surface area contributed by atoms with Gasteiger partial charge in [0.1, 0.15) is 0 Å². The van der Waals surface area contributed by atoms with Gasteiger partial charge in [-0.15, -0.1) is 0 Å². The third-order valence-corrected chi connectivity index (χ3v) is 4.98. The van der Waals surface area contributed by atoms with E-state index in [1.54, 1.807) is 0 Å². The first kappa shape index (κ1) is 21.5. The fraction of sp³-hybridized carbons (Fsp3) is 0.429. The van der Waals surface area contributed by atoms with E-state index in [0.29, 0.717) is 31.4 Å². The summed E-state index contributed by atoms with van der Waals surface area (Å²) in [6, 6.07) is 11.4. The van der Waals surface area contributed by atoms with Crippen LogP contribution in [0.25, 0.3) is 0 Å². The molecule has 0 bridgehead atoms. The van der Waals surface area contributed by atoms with Crippen LogP contribution in [0.15, 0.2) is 36.4 Å². The van der Waals surface area contributed by atoms with E-state index in [2.05, 4.69) is 20.6 Å². The molecule has 0 atom stereocenters. The molecule has 9 heteroatoms. The first-order valence-corrected chi connectivity index (χ1v) is 9.88. The van der Waals surface area contributed by atoms with Crippen LogP contribution < -0.4 is 20.1 Å². The minimum absolute atomic E-state index is 0.0287. The highest BCUT2D eigenvalue weighted by Gasteiger charge is 2.26. The van der Waals surface area contributed by atoms with Gasteiger partial charge in [0.25, 0.3) is 0 Å². The van der Waals surface area contributed by atoms with Crippen LogP contribution in [0.5, 0.6) is 11.8 Å². The van der Waals surface area contributed by atoms with Crippen LogP contribution in [-0.2, 0) is 16.1 Å². The Balaban J connectivity index is 1.43. The predicted octanol–water partition coefficient (Wildman–Crippen LogP) is 1.46. The molecule has 9 nitrogen and oxygen atoms in total. The molecule has 1 aromatic heterocycles. The minimum atomic E-state index is -0.225. The van der Waals surface area contributed by atoms with E-state index in [9.17, 15) is 9.59 Å². The lowest BCUT2D eigenvalue weighted by atomic mass is 9.96. The molecule has 2 heterocycles. The molecule has 0 aliphatic carbocycles. The highest BCUT2D eigenvalue weighted by Crippen LogP contribution is 2.19. The average Bonchev–Trinajstić information content (AvgIpc) is 2.78. The summed E-state index contributed by atoms with van der Waals surface area (Å²) in [6.45, 7) is 2.10. The average molecular weight is 413 g/mol. The molecule has 0 saturated carbocycles. The minimum Gasteiger partial charge on any atom is -0.481 e. The summed E-state index contributed by atoms with van der Waals surface area (Å²) in [5.74, 6) is 0.557. The van der Waals surface area contributed by atoms with Gasteiger partial charge in [-0.3, -0.25) is 19.8 Å². The number of piperidine rings is 1. The molecule has 2 N–H and O–H groups in total. The first-order chi connectivity index (χ1) is 14.6. The highest BCUT2D eigenvalue weighted by molar-refractivity contribution is 5.90. The molecule has 1 aromatic carbocycles.